The lowest BCUT2D eigenvalue weighted by Gasteiger charge is -1.99. The van der Waals surface area contributed by atoms with Gasteiger partial charge in [0.1, 0.15) is 0 Å². The first kappa shape index (κ1) is 13.0. The Morgan fingerprint density at radius 3 is 2.56 bits per heavy atom. The van der Waals surface area contributed by atoms with E-state index in [0.29, 0.717) is 11.4 Å². The molecule has 3 nitrogen and oxygen atoms in total. The highest BCUT2D eigenvalue weighted by atomic mass is 35.5. The van der Waals surface area contributed by atoms with E-state index >= 15 is 0 Å². The van der Waals surface area contributed by atoms with Gasteiger partial charge < -0.3 is 0 Å². The van der Waals surface area contributed by atoms with Gasteiger partial charge in [0.15, 0.2) is 5.78 Å². The standard InChI is InChI=1S/C12H17ClN2O/c1-5-10-12(13)11(15(4)14-10)7-9(16)6-8(2)3/h6H,5,7H2,1-4H3. The summed E-state index contributed by atoms with van der Waals surface area (Å²) in [5, 5.41) is 4.90. The molecule has 0 aliphatic heterocycles. The molecule has 0 aliphatic rings. The molecule has 1 rings (SSSR count). The van der Waals surface area contributed by atoms with Gasteiger partial charge in [0.2, 0.25) is 0 Å². The fourth-order valence-electron chi connectivity index (χ4n) is 1.55. The second-order valence-corrected chi connectivity index (χ2v) is 4.43. The molecule has 1 aromatic rings. The van der Waals surface area contributed by atoms with Crippen molar-refractivity contribution in [2.24, 2.45) is 7.05 Å². The van der Waals surface area contributed by atoms with Crippen LogP contribution in [-0.4, -0.2) is 15.6 Å². The van der Waals surface area contributed by atoms with Crippen LogP contribution in [0.2, 0.25) is 5.02 Å². The van der Waals surface area contributed by atoms with Gasteiger partial charge in [-0.3, -0.25) is 9.48 Å². The van der Waals surface area contributed by atoms with Gasteiger partial charge in [-0.15, -0.1) is 0 Å². The smallest absolute Gasteiger partial charge is 0.161 e. The number of carbonyl (C=O) groups is 1. The highest BCUT2D eigenvalue weighted by Gasteiger charge is 2.14. The quantitative estimate of drug-likeness (QED) is 0.759. The molecule has 0 fully saturated rings. The number of nitrogens with zero attached hydrogens (tertiary/aromatic N) is 2. The van der Waals surface area contributed by atoms with E-state index < -0.39 is 0 Å². The maximum atomic E-state index is 11.6. The molecular formula is C12H17ClN2O. The normalized spacial score (nSPS) is 10.3. The zero-order chi connectivity index (χ0) is 12.3. The van der Waals surface area contributed by atoms with Crippen molar-refractivity contribution < 1.29 is 4.79 Å². The topological polar surface area (TPSA) is 34.9 Å². The fraction of sp³-hybridized carbons (Fsp3) is 0.500. The number of carbonyl (C=O) groups excluding carboxylic acids is 1. The molecule has 1 aromatic heterocycles. The van der Waals surface area contributed by atoms with Gasteiger partial charge in [-0.1, -0.05) is 24.1 Å². The van der Waals surface area contributed by atoms with E-state index in [1.807, 2.05) is 27.8 Å². The third-order valence-corrected chi connectivity index (χ3v) is 2.73. The van der Waals surface area contributed by atoms with Crippen molar-refractivity contribution in [1.29, 1.82) is 0 Å². The number of hydrogen-bond donors (Lipinski definition) is 0. The number of hydrogen-bond acceptors (Lipinski definition) is 2. The molecular weight excluding hydrogens is 224 g/mol. The Hall–Kier alpha value is -1.09. The van der Waals surface area contributed by atoms with Crippen LogP contribution in [0.5, 0.6) is 0 Å². The van der Waals surface area contributed by atoms with Gasteiger partial charge in [-0.2, -0.15) is 5.10 Å². The summed E-state index contributed by atoms with van der Waals surface area (Å²) in [5.41, 5.74) is 2.64. The molecule has 0 atom stereocenters. The summed E-state index contributed by atoms with van der Waals surface area (Å²) < 4.78 is 1.69. The molecule has 0 bridgehead atoms. The van der Waals surface area contributed by atoms with Crippen molar-refractivity contribution >= 4 is 17.4 Å². The van der Waals surface area contributed by atoms with Crippen molar-refractivity contribution in [1.82, 2.24) is 9.78 Å². The lowest BCUT2D eigenvalue weighted by molar-refractivity contribution is -0.114. The van der Waals surface area contributed by atoms with Crippen molar-refractivity contribution in [3.8, 4) is 0 Å². The zero-order valence-electron chi connectivity index (χ0n) is 10.2. The van der Waals surface area contributed by atoms with Crippen LogP contribution in [0, 0.1) is 0 Å². The molecule has 0 amide bonds. The maximum Gasteiger partial charge on any atom is 0.161 e. The summed E-state index contributed by atoms with van der Waals surface area (Å²) >= 11 is 6.15. The average Bonchev–Trinajstić information content (AvgIpc) is 2.44. The first-order valence-corrected chi connectivity index (χ1v) is 5.71. The van der Waals surface area contributed by atoms with Crippen molar-refractivity contribution in [2.45, 2.75) is 33.6 Å². The largest absolute Gasteiger partial charge is 0.294 e. The second kappa shape index (κ2) is 5.30. The molecule has 4 heteroatoms. The van der Waals surface area contributed by atoms with Crippen LogP contribution < -0.4 is 0 Å². The van der Waals surface area contributed by atoms with E-state index in [2.05, 4.69) is 5.10 Å². The molecule has 0 saturated heterocycles. The van der Waals surface area contributed by atoms with E-state index in [0.717, 1.165) is 23.4 Å². The van der Waals surface area contributed by atoms with Gasteiger partial charge in [-0.25, -0.2) is 0 Å². The number of halogens is 1. The van der Waals surface area contributed by atoms with E-state index in [9.17, 15) is 4.79 Å². The summed E-state index contributed by atoms with van der Waals surface area (Å²) in [5.74, 6) is 0.0625. The molecule has 0 N–H and O–H groups in total. The van der Waals surface area contributed by atoms with Crippen LogP contribution in [-0.2, 0) is 24.7 Å². The summed E-state index contributed by atoms with van der Waals surface area (Å²) in [7, 11) is 1.82. The Kier molecular flexibility index (Phi) is 4.30. The third kappa shape index (κ3) is 2.95. The zero-order valence-corrected chi connectivity index (χ0v) is 10.9. The van der Waals surface area contributed by atoms with Crippen LogP contribution >= 0.6 is 11.6 Å². The van der Waals surface area contributed by atoms with Crippen LogP contribution in [0.4, 0.5) is 0 Å². The molecule has 0 radical (unpaired) electrons. The highest BCUT2D eigenvalue weighted by molar-refractivity contribution is 6.32. The maximum absolute atomic E-state index is 11.6. The number of rotatable bonds is 4. The number of aryl methyl sites for hydroxylation is 2. The van der Waals surface area contributed by atoms with Crippen LogP contribution in [0.25, 0.3) is 0 Å². The minimum absolute atomic E-state index is 0.0625. The highest BCUT2D eigenvalue weighted by Crippen LogP contribution is 2.21. The van der Waals surface area contributed by atoms with Crippen LogP contribution in [0.1, 0.15) is 32.2 Å². The third-order valence-electron chi connectivity index (χ3n) is 2.29. The molecule has 0 aromatic carbocycles. The second-order valence-electron chi connectivity index (χ2n) is 4.05. The Balaban J connectivity index is 2.93. The molecule has 0 unspecified atom stereocenters. The summed E-state index contributed by atoms with van der Waals surface area (Å²) in [6.07, 6.45) is 2.73. The lowest BCUT2D eigenvalue weighted by Crippen LogP contribution is -2.05. The van der Waals surface area contributed by atoms with Gasteiger partial charge in [-0.05, 0) is 26.3 Å². The Bertz CT molecular complexity index is 428. The predicted octanol–water partition coefficient (Wildman–Crippen LogP) is 2.71. The SMILES string of the molecule is CCc1nn(C)c(CC(=O)C=C(C)C)c1Cl. The van der Waals surface area contributed by atoms with Gasteiger partial charge in [0.25, 0.3) is 0 Å². The Morgan fingerprint density at radius 2 is 2.12 bits per heavy atom. The molecule has 0 spiro atoms. The molecule has 0 saturated carbocycles. The number of aromatic nitrogens is 2. The first-order chi connectivity index (χ1) is 7.45. The monoisotopic (exact) mass is 240 g/mol. The van der Waals surface area contributed by atoms with E-state index in [-0.39, 0.29) is 5.78 Å². The Labute approximate surface area is 101 Å². The van der Waals surface area contributed by atoms with E-state index in [1.54, 1.807) is 10.8 Å². The van der Waals surface area contributed by atoms with Gasteiger partial charge in [0, 0.05) is 7.05 Å². The minimum Gasteiger partial charge on any atom is -0.294 e. The lowest BCUT2D eigenvalue weighted by atomic mass is 10.1. The fourth-order valence-corrected chi connectivity index (χ4v) is 1.91. The summed E-state index contributed by atoms with van der Waals surface area (Å²) in [6.45, 7) is 5.80. The Morgan fingerprint density at radius 1 is 1.50 bits per heavy atom. The van der Waals surface area contributed by atoms with Crippen molar-refractivity contribution in [2.75, 3.05) is 0 Å². The minimum atomic E-state index is 0.0625. The van der Waals surface area contributed by atoms with E-state index in [1.165, 1.54) is 0 Å². The molecule has 16 heavy (non-hydrogen) atoms. The number of allylic oxidation sites excluding steroid dienone is 2. The van der Waals surface area contributed by atoms with E-state index in [4.69, 9.17) is 11.6 Å². The molecule has 0 aliphatic carbocycles. The first-order valence-electron chi connectivity index (χ1n) is 5.33. The summed E-state index contributed by atoms with van der Waals surface area (Å²) in [6, 6.07) is 0. The molecule has 88 valence electrons. The van der Waals surface area contributed by atoms with Crippen molar-refractivity contribution in [3.63, 3.8) is 0 Å². The average molecular weight is 241 g/mol. The van der Waals surface area contributed by atoms with Crippen molar-refractivity contribution in [3.05, 3.63) is 28.1 Å². The van der Waals surface area contributed by atoms with Gasteiger partial charge >= 0.3 is 0 Å². The predicted molar refractivity (Wildman–Crippen MR) is 65.7 cm³/mol. The van der Waals surface area contributed by atoms with Crippen LogP contribution in [0.3, 0.4) is 0 Å². The number of ketones is 1. The van der Waals surface area contributed by atoms with Crippen LogP contribution in [0.15, 0.2) is 11.6 Å². The molecule has 1 heterocycles. The van der Waals surface area contributed by atoms with Gasteiger partial charge in [0.05, 0.1) is 22.8 Å². The summed E-state index contributed by atoms with van der Waals surface area (Å²) in [4.78, 5) is 11.6.